The normalized spacial score (nSPS) is 10.0. The van der Waals surface area contributed by atoms with Gasteiger partial charge < -0.3 is 20.5 Å². The smallest absolute Gasteiger partial charge is 0.255 e. The lowest BCUT2D eigenvalue weighted by Crippen LogP contribution is -2.11. The number of nitrogens with zero attached hydrogens (tertiary/aromatic N) is 1. The molecule has 0 unspecified atom stereocenters. The molecule has 31 heavy (non-hydrogen) atoms. The summed E-state index contributed by atoms with van der Waals surface area (Å²) in [6.07, 6.45) is 6.24. The molecule has 3 N–H and O–H groups in total. The largest absolute Gasteiger partial charge is 0.493 e. The molecule has 0 atom stereocenters. The van der Waals surface area contributed by atoms with E-state index in [0.29, 0.717) is 22.7 Å². The Morgan fingerprint density at radius 3 is 2.29 bits per heavy atom. The Morgan fingerprint density at radius 1 is 1.00 bits per heavy atom. The van der Waals surface area contributed by atoms with Gasteiger partial charge in [0.1, 0.15) is 0 Å². The Morgan fingerprint density at radius 2 is 1.71 bits per heavy atom. The molecule has 0 bridgehead atoms. The summed E-state index contributed by atoms with van der Waals surface area (Å²) in [4.78, 5) is 26.2. The molecule has 2 aromatic carbocycles. The number of hydrogen-bond acceptors (Lipinski definition) is 5. The monoisotopic (exact) mass is 419 g/mol. The van der Waals surface area contributed by atoms with Crippen LogP contribution in [0.1, 0.15) is 21.5 Å². The van der Waals surface area contributed by atoms with Gasteiger partial charge in [-0.05, 0) is 48.9 Å². The summed E-state index contributed by atoms with van der Waals surface area (Å²) in [6, 6.07) is 16.3. The Labute approximate surface area is 181 Å². The van der Waals surface area contributed by atoms with Gasteiger partial charge in [0.05, 0.1) is 14.2 Å². The highest BCUT2D eigenvalue weighted by Gasteiger charge is 2.09. The van der Waals surface area contributed by atoms with Crippen LogP contribution >= 0.6 is 0 Å². The van der Waals surface area contributed by atoms with Gasteiger partial charge >= 0.3 is 0 Å². The fourth-order valence-corrected chi connectivity index (χ4v) is 2.48. The zero-order valence-electron chi connectivity index (χ0n) is 17.7. The van der Waals surface area contributed by atoms with Crippen molar-refractivity contribution in [2.75, 3.05) is 19.5 Å². The van der Waals surface area contributed by atoms with Crippen LogP contribution in [-0.2, 0) is 4.79 Å². The third kappa shape index (κ3) is 7.66. The average molecular weight is 419 g/mol. The van der Waals surface area contributed by atoms with E-state index in [4.69, 9.17) is 15.2 Å². The number of nitrogens with one attached hydrogen (secondary N) is 1. The lowest BCUT2D eigenvalue weighted by molar-refractivity contribution is -0.113. The van der Waals surface area contributed by atoms with Gasteiger partial charge in [0.25, 0.3) is 5.91 Å². The minimum absolute atomic E-state index is 0.155. The summed E-state index contributed by atoms with van der Waals surface area (Å²) in [7, 11) is 3.13. The molecule has 0 aliphatic heterocycles. The summed E-state index contributed by atoms with van der Waals surface area (Å²) in [5.74, 6) is 0.598. The van der Waals surface area contributed by atoms with Crippen molar-refractivity contribution in [3.63, 3.8) is 0 Å². The van der Waals surface area contributed by atoms with Gasteiger partial charge in [-0.3, -0.25) is 14.6 Å². The zero-order chi connectivity index (χ0) is 22.6. The van der Waals surface area contributed by atoms with Gasteiger partial charge in [-0.2, -0.15) is 0 Å². The van der Waals surface area contributed by atoms with Crippen molar-refractivity contribution >= 4 is 23.6 Å². The first-order chi connectivity index (χ1) is 14.9. The van der Waals surface area contributed by atoms with Crippen LogP contribution in [0.3, 0.4) is 0 Å². The maximum Gasteiger partial charge on any atom is 0.255 e. The van der Waals surface area contributed by atoms with Crippen LogP contribution in [0.2, 0.25) is 0 Å². The first-order valence-electron chi connectivity index (χ1n) is 9.40. The third-order valence-electron chi connectivity index (χ3n) is 4.08. The van der Waals surface area contributed by atoms with Crippen LogP contribution in [0.15, 0.2) is 73.1 Å². The van der Waals surface area contributed by atoms with Crippen molar-refractivity contribution in [2.24, 2.45) is 5.73 Å². The number of rotatable bonds is 6. The molecule has 7 heteroatoms. The van der Waals surface area contributed by atoms with Crippen LogP contribution in [0.5, 0.6) is 11.5 Å². The quantitative estimate of drug-likeness (QED) is 0.591. The van der Waals surface area contributed by atoms with Crippen molar-refractivity contribution in [1.29, 1.82) is 0 Å². The number of amides is 2. The molecule has 1 heterocycles. The van der Waals surface area contributed by atoms with Crippen molar-refractivity contribution in [3.05, 3.63) is 89.8 Å². The SMILES string of the molecule is COc1ccc(NC(=O)c2ccc(C)cc2)cc1OC.NC(=O)C=Cc1cccnc1. The Bertz CT molecular complexity index is 1030. The summed E-state index contributed by atoms with van der Waals surface area (Å²) in [5.41, 5.74) is 8.16. The van der Waals surface area contributed by atoms with Gasteiger partial charge in [0.2, 0.25) is 5.91 Å². The molecule has 0 fully saturated rings. The van der Waals surface area contributed by atoms with E-state index in [1.165, 1.54) is 6.08 Å². The van der Waals surface area contributed by atoms with E-state index < -0.39 is 5.91 Å². The van der Waals surface area contributed by atoms with E-state index >= 15 is 0 Å². The first kappa shape index (κ1) is 23.2. The Kier molecular flexibility index (Phi) is 8.79. The van der Waals surface area contributed by atoms with Crippen LogP contribution in [0, 0.1) is 6.92 Å². The summed E-state index contributed by atoms with van der Waals surface area (Å²) < 4.78 is 10.4. The predicted octanol–water partition coefficient (Wildman–Crippen LogP) is 3.84. The summed E-state index contributed by atoms with van der Waals surface area (Å²) >= 11 is 0. The maximum absolute atomic E-state index is 12.1. The van der Waals surface area contributed by atoms with Gasteiger partial charge in [-0.15, -0.1) is 0 Å². The molecule has 0 saturated heterocycles. The van der Waals surface area contributed by atoms with Crippen molar-refractivity contribution < 1.29 is 19.1 Å². The second-order valence-corrected chi connectivity index (χ2v) is 6.41. The van der Waals surface area contributed by atoms with Crippen LogP contribution in [0.4, 0.5) is 5.69 Å². The molecule has 0 radical (unpaired) electrons. The van der Waals surface area contributed by atoms with Crippen molar-refractivity contribution in [3.8, 4) is 11.5 Å². The molecule has 7 nitrogen and oxygen atoms in total. The number of aryl methyl sites for hydroxylation is 1. The molecule has 3 aromatic rings. The van der Waals surface area contributed by atoms with Crippen molar-refractivity contribution in [1.82, 2.24) is 4.98 Å². The minimum Gasteiger partial charge on any atom is -0.493 e. The Balaban J connectivity index is 0.000000262. The van der Waals surface area contributed by atoms with Crippen LogP contribution < -0.4 is 20.5 Å². The molecule has 1 aromatic heterocycles. The molecule has 0 saturated carbocycles. The fraction of sp³-hybridized carbons (Fsp3) is 0.125. The predicted molar refractivity (Wildman–Crippen MR) is 121 cm³/mol. The second-order valence-electron chi connectivity index (χ2n) is 6.41. The van der Waals surface area contributed by atoms with Gasteiger partial charge in [0, 0.05) is 35.8 Å². The second kappa shape index (κ2) is 11.8. The number of ether oxygens (including phenoxy) is 2. The summed E-state index contributed by atoms with van der Waals surface area (Å²) in [6.45, 7) is 1.98. The van der Waals surface area contributed by atoms with Crippen LogP contribution in [0.25, 0.3) is 6.08 Å². The number of carbonyl (C=O) groups excluding carboxylic acids is 2. The van der Waals surface area contributed by atoms with E-state index in [0.717, 1.165) is 11.1 Å². The number of anilines is 1. The molecular formula is C24H25N3O4. The number of nitrogens with two attached hydrogens (primary N) is 1. The van der Waals surface area contributed by atoms with E-state index in [9.17, 15) is 9.59 Å². The number of carbonyl (C=O) groups is 2. The minimum atomic E-state index is -0.450. The van der Waals surface area contributed by atoms with Gasteiger partial charge in [-0.1, -0.05) is 23.8 Å². The average Bonchev–Trinajstić information content (AvgIpc) is 2.79. The fourth-order valence-electron chi connectivity index (χ4n) is 2.48. The van der Waals surface area contributed by atoms with E-state index in [-0.39, 0.29) is 5.91 Å². The number of aromatic nitrogens is 1. The third-order valence-corrected chi connectivity index (χ3v) is 4.08. The number of benzene rings is 2. The summed E-state index contributed by atoms with van der Waals surface area (Å²) in [5, 5.41) is 2.83. The standard InChI is InChI=1S/C16H17NO3.C8H8N2O/c1-11-4-6-12(7-5-11)16(18)17-13-8-9-14(19-2)15(10-13)20-3;9-8(11)4-3-7-2-1-5-10-6-7/h4-10H,1-3H3,(H,17,18);1-6H,(H2,9,11). The zero-order valence-corrected chi connectivity index (χ0v) is 17.7. The topological polar surface area (TPSA) is 104 Å². The molecule has 0 spiro atoms. The highest BCUT2D eigenvalue weighted by molar-refractivity contribution is 6.04. The molecule has 0 aliphatic rings. The maximum atomic E-state index is 12.1. The number of hydrogen-bond donors (Lipinski definition) is 2. The molecule has 0 aliphatic carbocycles. The van der Waals surface area contributed by atoms with Gasteiger partial charge in [-0.25, -0.2) is 0 Å². The Hall–Kier alpha value is -4.13. The first-order valence-corrected chi connectivity index (χ1v) is 9.40. The molecule has 160 valence electrons. The van der Waals surface area contributed by atoms with E-state index in [1.54, 1.807) is 69.1 Å². The van der Waals surface area contributed by atoms with E-state index in [2.05, 4.69) is 10.3 Å². The molecule has 3 rings (SSSR count). The van der Waals surface area contributed by atoms with Crippen molar-refractivity contribution in [2.45, 2.75) is 6.92 Å². The highest BCUT2D eigenvalue weighted by atomic mass is 16.5. The number of primary amides is 1. The number of methoxy groups -OCH3 is 2. The lowest BCUT2D eigenvalue weighted by atomic mass is 10.1. The van der Waals surface area contributed by atoms with Gasteiger partial charge in [0.15, 0.2) is 11.5 Å². The highest BCUT2D eigenvalue weighted by Crippen LogP contribution is 2.29. The molecule has 2 amide bonds. The van der Waals surface area contributed by atoms with E-state index in [1.807, 2.05) is 25.1 Å². The molecular weight excluding hydrogens is 394 g/mol. The lowest BCUT2D eigenvalue weighted by Gasteiger charge is -2.10. The number of pyridine rings is 1. The van der Waals surface area contributed by atoms with Crippen LogP contribution in [-0.4, -0.2) is 31.0 Å².